The number of thioether (sulfide) groups is 1. The molecule has 7 nitrogen and oxygen atoms in total. The topological polar surface area (TPSA) is 101 Å². The number of rotatable bonds is 9. The second kappa shape index (κ2) is 10.8. The van der Waals surface area contributed by atoms with Gasteiger partial charge in [0, 0.05) is 18.0 Å². The van der Waals surface area contributed by atoms with Crippen LogP contribution in [0.2, 0.25) is 0 Å². The third kappa shape index (κ3) is 5.72. The maximum Gasteiger partial charge on any atom is 0.240 e. The average molecular weight is 540 g/mol. The maximum absolute atomic E-state index is 14.0. The third-order valence-corrected chi connectivity index (χ3v) is 8.17. The molecule has 0 aliphatic rings. The molecule has 3 aromatic carbocycles. The minimum absolute atomic E-state index is 0.0845. The molecule has 190 valence electrons. The predicted molar refractivity (Wildman–Crippen MR) is 137 cm³/mol. The summed E-state index contributed by atoms with van der Waals surface area (Å²) in [4.78, 5) is 0.176. The van der Waals surface area contributed by atoms with Crippen LogP contribution in [0, 0.1) is 23.0 Å². The highest BCUT2D eigenvalue weighted by Gasteiger charge is 2.32. The molecule has 4 rings (SSSR count). The van der Waals surface area contributed by atoms with Crippen molar-refractivity contribution in [3.8, 4) is 11.8 Å². The standard InChI is InChI=1S/C26H23F2N5O2S2/c1-26(2,19-8-13-23(28)18(16-19)17-29)24-31-32-25(33(24)21-11-9-20(27)10-12-21)36-15-14-30-37(34,35)22-6-4-3-5-7-22/h3-13,16,30H,14-15H2,1-2H3. The van der Waals surface area contributed by atoms with E-state index in [1.54, 1.807) is 41.0 Å². The molecule has 0 aliphatic heterocycles. The van der Waals surface area contributed by atoms with E-state index in [9.17, 15) is 22.5 Å². The van der Waals surface area contributed by atoms with Crippen molar-refractivity contribution < 1.29 is 17.2 Å². The van der Waals surface area contributed by atoms with Crippen LogP contribution in [0.1, 0.15) is 30.8 Å². The van der Waals surface area contributed by atoms with Crippen molar-refractivity contribution in [1.82, 2.24) is 19.5 Å². The van der Waals surface area contributed by atoms with Crippen LogP contribution in [-0.2, 0) is 15.4 Å². The van der Waals surface area contributed by atoms with Crippen LogP contribution >= 0.6 is 11.8 Å². The second-order valence-electron chi connectivity index (χ2n) is 8.61. The molecule has 0 saturated heterocycles. The monoisotopic (exact) mass is 539 g/mol. The summed E-state index contributed by atoms with van der Waals surface area (Å²) in [5, 5.41) is 18.5. The van der Waals surface area contributed by atoms with Gasteiger partial charge in [-0.25, -0.2) is 21.9 Å². The first-order chi connectivity index (χ1) is 17.6. The molecule has 0 saturated carbocycles. The van der Waals surface area contributed by atoms with Gasteiger partial charge < -0.3 is 0 Å². The van der Waals surface area contributed by atoms with Gasteiger partial charge in [0.05, 0.1) is 15.9 Å². The van der Waals surface area contributed by atoms with E-state index in [1.165, 1.54) is 48.2 Å². The summed E-state index contributed by atoms with van der Waals surface area (Å²) in [6, 6.07) is 20.1. The van der Waals surface area contributed by atoms with Gasteiger partial charge in [0.1, 0.15) is 23.5 Å². The van der Waals surface area contributed by atoms with Crippen LogP contribution < -0.4 is 4.72 Å². The lowest BCUT2D eigenvalue weighted by Crippen LogP contribution is -2.26. The Hall–Kier alpha value is -3.59. The predicted octanol–water partition coefficient (Wildman–Crippen LogP) is 4.81. The Morgan fingerprint density at radius 1 is 1.03 bits per heavy atom. The van der Waals surface area contributed by atoms with Gasteiger partial charge in [0.2, 0.25) is 10.0 Å². The molecule has 0 spiro atoms. The van der Waals surface area contributed by atoms with Crippen LogP contribution in [0.15, 0.2) is 82.8 Å². The van der Waals surface area contributed by atoms with Gasteiger partial charge in [0.15, 0.2) is 5.16 Å². The number of nitrogens with zero attached hydrogens (tertiary/aromatic N) is 4. The normalized spacial score (nSPS) is 11.9. The van der Waals surface area contributed by atoms with Gasteiger partial charge in [-0.3, -0.25) is 4.57 Å². The number of benzene rings is 3. The molecule has 1 heterocycles. The van der Waals surface area contributed by atoms with Crippen LogP contribution in [0.3, 0.4) is 0 Å². The highest BCUT2D eigenvalue weighted by Crippen LogP contribution is 2.35. The number of nitrogens with one attached hydrogen (secondary N) is 1. The van der Waals surface area contributed by atoms with Crippen LogP contribution in [0.5, 0.6) is 0 Å². The van der Waals surface area contributed by atoms with Crippen molar-refractivity contribution in [3.05, 3.63) is 101 Å². The molecule has 0 aliphatic carbocycles. The smallest absolute Gasteiger partial charge is 0.240 e. The van der Waals surface area contributed by atoms with Crippen molar-refractivity contribution in [2.75, 3.05) is 12.3 Å². The van der Waals surface area contributed by atoms with Gasteiger partial charge in [-0.15, -0.1) is 10.2 Å². The number of halogens is 2. The minimum Gasteiger partial charge on any atom is -0.273 e. The zero-order valence-electron chi connectivity index (χ0n) is 20.0. The van der Waals surface area contributed by atoms with Gasteiger partial charge >= 0.3 is 0 Å². The number of aromatic nitrogens is 3. The first kappa shape index (κ1) is 26.5. The minimum atomic E-state index is -3.65. The summed E-state index contributed by atoms with van der Waals surface area (Å²) < 4.78 is 57.0. The van der Waals surface area contributed by atoms with Crippen molar-refractivity contribution in [2.45, 2.75) is 29.3 Å². The van der Waals surface area contributed by atoms with Gasteiger partial charge in [0.25, 0.3) is 0 Å². The molecule has 0 atom stereocenters. The van der Waals surface area contributed by atoms with Crippen molar-refractivity contribution in [3.63, 3.8) is 0 Å². The number of sulfonamides is 1. The number of hydrogen-bond donors (Lipinski definition) is 1. The molecule has 0 bridgehead atoms. The summed E-state index contributed by atoms with van der Waals surface area (Å²) in [5.41, 5.74) is 0.352. The Labute approximate surface area is 218 Å². The van der Waals surface area contributed by atoms with E-state index in [0.717, 1.165) is 0 Å². The molecule has 0 fully saturated rings. The molecule has 37 heavy (non-hydrogen) atoms. The highest BCUT2D eigenvalue weighted by molar-refractivity contribution is 7.99. The van der Waals surface area contributed by atoms with Gasteiger partial charge in [-0.1, -0.05) is 36.0 Å². The Bertz CT molecular complexity index is 1550. The molecule has 11 heteroatoms. The molecule has 0 unspecified atom stereocenters. The lowest BCUT2D eigenvalue weighted by atomic mass is 9.83. The molecule has 1 aromatic heterocycles. The van der Waals surface area contributed by atoms with Crippen molar-refractivity contribution >= 4 is 21.8 Å². The molecular weight excluding hydrogens is 516 g/mol. The fraction of sp³-hybridized carbons (Fsp3) is 0.192. The number of hydrogen-bond acceptors (Lipinski definition) is 6. The fourth-order valence-corrected chi connectivity index (χ4v) is 5.71. The first-order valence-corrected chi connectivity index (χ1v) is 13.7. The summed E-state index contributed by atoms with van der Waals surface area (Å²) in [5.74, 6) is -0.182. The first-order valence-electron chi connectivity index (χ1n) is 11.2. The molecule has 0 amide bonds. The Balaban J connectivity index is 1.63. The van der Waals surface area contributed by atoms with E-state index in [2.05, 4.69) is 14.9 Å². The van der Waals surface area contributed by atoms with Crippen LogP contribution in [-0.4, -0.2) is 35.5 Å². The SMILES string of the molecule is CC(C)(c1ccc(F)c(C#N)c1)c1nnc(SCCNS(=O)(=O)c2ccccc2)n1-c1ccc(F)cc1. The Kier molecular flexibility index (Phi) is 7.73. The van der Waals surface area contributed by atoms with Crippen molar-refractivity contribution in [2.24, 2.45) is 0 Å². The van der Waals surface area contributed by atoms with E-state index in [1.807, 2.05) is 19.9 Å². The van der Waals surface area contributed by atoms with Crippen LogP contribution in [0.25, 0.3) is 5.69 Å². The molecular formula is C26H23F2N5O2S2. The summed E-state index contributed by atoms with van der Waals surface area (Å²) in [6.07, 6.45) is 0. The quantitative estimate of drug-likeness (QED) is 0.242. The van der Waals surface area contributed by atoms with E-state index in [0.29, 0.717) is 28.0 Å². The lowest BCUT2D eigenvalue weighted by molar-refractivity contribution is 0.565. The second-order valence-corrected chi connectivity index (χ2v) is 11.4. The largest absolute Gasteiger partial charge is 0.273 e. The average Bonchev–Trinajstić information content (AvgIpc) is 3.32. The Morgan fingerprint density at radius 3 is 2.41 bits per heavy atom. The summed E-state index contributed by atoms with van der Waals surface area (Å²) in [6.45, 7) is 3.88. The van der Waals surface area contributed by atoms with E-state index in [-0.39, 0.29) is 17.0 Å². The van der Waals surface area contributed by atoms with E-state index in [4.69, 9.17) is 0 Å². The van der Waals surface area contributed by atoms with Gasteiger partial charge in [-0.2, -0.15) is 5.26 Å². The zero-order chi connectivity index (χ0) is 26.6. The van der Waals surface area contributed by atoms with E-state index < -0.39 is 27.1 Å². The van der Waals surface area contributed by atoms with E-state index >= 15 is 0 Å². The van der Waals surface area contributed by atoms with Crippen molar-refractivity contribution in [1.29, 1.82) is 5.26 Å². The highest BCUT2D eigenvalue weighted by atomic mass is 32.2. The fourth-order valence-electron chi connectivity index (χ4n) is 3.72. The Morgan fingerprint density at radius 2 is 1.73 bits per heavy atom. The van der Waals surface area contributed by atoms with Crippen LogP contribution in [0.4, 0.5) is 8.78 Å². The molecule has 4 aromatic rings. The zero-order valence-corrected chi connectivity index (χ0v) is 21.7. The summed E-state index contributed by atoms with van der Waals surface area (Å²) >= 11 is 1.28. The number of nitriles is 1. The molecule has 0 radical (unpaired) electrons. The maximum atomic E-state index is 14.0. The molecule has 1 N–H and O–H groups in total. The lowest BCUT2D eigenvalue weighted by Gasteiger charge is -2.26. The summed E-state index contributed by atoms with van der Waals surface area (Å²) in [7, 11) is -3.65. The third-order valence-electron chi connectivity index (χ3n) is 5.76. The van der Waals surface area contributed by atoms with Gasteiger partial charge in [-0.05, 0) is 67.9 Å².